The number of carbonyl (C=O) groups is 1. The summed E-state index contributed by atoms with van der Waals surface area (Å²) >= 11 is 6.07. The maximum Gasteiger partial charge on any atom is 0.332 e. The van der Waals surface area contributed by atoms with Crippen LogP contribution in [0.15, 0.2) is 23.3 Å². The molecule has 0 aliphatic rings. The summed E-state index contributed by atoms with van der Waals surface area (Å²) in [5.74, 6) is 0.631. The highest BCUT2D eigenvalue weighted by Crippen LogP contribution is 2.26. The van der Waals surface area contributed by atoms with Crippen molar-refractivity contribution in [3.63, 3.8) is 0 Å². The Bertz CT molecular complexity index is 449. The van der Waals surface area contributed by atoms with Crippen molar-refractivity contribution in [3.05, 3.63) is 28.8 Å². The molecular formula is C12H16ClN3O2. The number of benzene rings is 1. The van der Waals surface area contributed by atoms with Crippen molar-refractivity contribution in [2.75, 3.05) is 0 Å². The van der Waals surface area contributed by atoms with Gasteiger partial charge in [0.25, 0.3) is 0 Å². The second-order valence-corrected chi connectivity index (χ2v) is 4.17. The fourth-order valence-electron chi connectivity index (χ4n) is 1.16. The molecule has 1 atom stereocenters. The van der Waals surface area contributed by atoms with E-state index >= 15 is 0 Å². The summed E-state index contributed by atoms with van der Waals surface area (Å²) in [7, 11) is 0. The van der Waals surface area contributed by atoms with Crippen LogP contribution in [0.5, 0.6) is 5.75 Å². The van der Waals surface area contributed by atoms with Crippen molar-refractivity contribution in [1.82, 2.24) is 5.43 Å². The molecule has 0 aliphatic heterocycles. The monoisotopic (exact) mass is 269 g/mol. The minimum atomic E-state index is -0.714. The van der Waals surface area contributed by atoms with Crippen LogP contribution >= 0.6 is 11.6 Å². The van der Waals surface area contributed by atoms with Crippen molar-refractivity contribution >= 4 is 23.8 Å². The molecule has 0 aromatic heterocycles. The van der Waals surface area contributed by atoms with E-state index in [1.54, 1.807) is 18.2 Å². The summed E-state index contributed by atoms with van der Waals surface area (Å²) in [5, 5.41) is 4.14. The van der Waals surface area contributed by atoms with Gasteiger partial charge in [0.05, 0.1) is 17.3 Å². The highest BCUT2D eigenvalue weighted by atomic mass is 35.5. The van der Waals surface area contributed by atoms with E-state index < -0.39 is 6.03 Å². The van der Waals surface area contributed by atoms with Crippen LogP contribution in [-0.4, -0.2) is 18.3 Å². The first-order chi connectivity index (χ1) is 8.52. The smallest absolute Gasteiger partial charge is 0.332 e. The molecule has 18 heavy (non-hydrogen) atoms. The van der Waals surface area contributed by atoms with E-state index in [0.717, 1.165) is 12.0 Å². The van der Waals surface area contributed by atoms with Gasteiger partial charge < -0.3 is 10.5 Å². The fourth-order valence-corrected chi connectivity index (χ4v) is 1.40. The van der Waals surface area contributed by atoms with Gasteiger partial charge in [0.1, 0.15) is 5.75 Å². The summed E-state index contributed by atoms with van der Waals surface area (Å²) in [5.41, 5.74) is 7.72. The van der Waals surface area contributed by atoms with Gasteiger partial charge in [-0.25, -0.2) is 10.2 Å². The molecule has 0 saturated carbocycles. The zero-order chi connectivity index (χ0) is 13.5. The van der Waals surface area contributed by atoms with Crippen LogP contribution in [0.3, 0.4) is 0 Å². The number of rotatable bonds is 5. The van der Waals surface area contributed by atoms with Gasteiger partial charge in [0.2, 0.25) is 0 Å². The van der Waals surface area contributed by atoms with E-state index in [2.05, 4.69) is 10.5 Å². The molecule has 1 aromatic carbocycles. The van der Waals surface area contributed by atoms with Gasteiger partial charge in [-0.2, -0.15) is 5.10 Å². The molecule has 0 heterocycles. The molecule has 6 heteroatoms. The highest BCUT2D eigenvalue weighted by Gasteiger charge is 2.06. The number of urea groups is 1. The lowest BCUT2D eigenvalue weighted by Gasteiger charge is -2.13. The van der Waals surface area contributed by atoms with Crippen LogP contribution in [0.25, 0.3) is 0 Å². The summed E-state index contributed by atoms with van der Waals surface area (Å²) in [4.78, 5) is 10.4. The molecule has 0 spiro atoms. The molecule has 0 radical (unpaired) electrons. The van der Waals surface area contributed by atoms with Gasteiger partial charge in [-0.1, -0.05) is 18.5 Å². The van der Waals surface area contributed by atoms with Crippen LogP contribution in [-0.2, 0) is 0 Å². The second-order valence-electron chi connectivity index (χ2n) is 3.76. The van der Waals surface area contributed by atoms with Crippen LogP contribution < -0.4 is 15.9 Å². The first-order valence-electron chi connectivity index (χ1n) is 5.57. The quantitative estimate of drug-likeness (QED) is 0.636. The first-order valence-corrected chi connectivity index (χ1v) is 5.95. The minimum Gasteiger partial charge on any atom is -0.489 e. The molecule has 2 amide bonds. The van der Waals surface area contributed by atoms with Crippen molar-refractivity contribution in [3.8, 4) is 5.75 Å². The van der Waals surface area contributed by atoms with Crippen LogP contribution in [0.4, 0.5) is 4.79 Å². The third-order valence-corrected chi connectivity index (χ3v) is 2.54. The SMILES string of the molecule is CCC(C)Oc1ccc(C=NNC(N)=O)cc1Cl. The third kappa shape index (κ3) is 4.63. The minimum absolute atomic E-state index is 0.110. The van der Waals surface area contributed by atoms with Crippen LogP contribution in [0.1, 0.15) is 25.8 Å². The topological polar surface area (TPSA) is 76.7 Å². The molecule has 1 unspecified atom stereocenters. The number of halogens is 1. The largest absolute Gasteiger partial charge is 0.489 e. The molecule has 3 N–H and O–H groups in total. The van der Waals surface area contributed by atoms with E-state index in [1.807, 2.05) is 13.8 Å². The number of hydrogen-bond donors (Lipinski definition) is 2. The molecule has 1 aromatic rings. The average molecular weight is 270 g/mol. The highest BCUT2D eigenvalue weighted by molar-refractivity contribution is 6.32. The standard InChI is InChI=1S/C12H16ClN3O2/c1-3-8(2)18-11-5-4-9(6-10(11)13)7-15-16-12(14)17/h4-8H,3H2,1-2H3,(H3,14,16,17). The summed E-state index contributed by atoms with van der Waals surface area (Å²) < 4.78 is 5.63. The van der Waals surface area contributed by atoms with Gasteiger partial charge in [-0.05, 0) is 37.1 Å². The van der Waals surface area contributed by atoms with Crippen molar-refractivity contribution in [2.24, 2.45) is 10.8 Å². The summed E-state index contributed by atoms with van der Waals surface area (Å²) in [6, 6.07) is 4.54. The molecule has 1 rings (SSSR count). The number of carbonyl (C=O) groups excluding carboxylic acids is 1. The zero-order valence-corrected chi connectivity index (χ0v) is 11.1. The number of hydrogen-bond acceptors (Lipinski definition) is 3. The maximum absolute atomic E-state index is 10.4. The molecular weight excluding hydrogens is 254 g/mol. The zero-order valence-electron chi connectivity index (χ0n) is 10.3. The molecule has 0 saturated heterocycles. The van der Waals surface area contributed by atoms with E-state index in [1.165, 1.54) is 6.21 Å². The van der Waals surface area contributed by atoms with Crippen molar-refractivity contribution in [1.29, 1.82) is 0 Å². The molecule has 98 valence electrons. The number of nitrogens with one attached hydrogen (secondary N) is 1. The Morgan fingerprint density at radius 2 is 2.39 bits per heavy atom. The lowest BCUT2D eigenvalue weighted by atomic mass is 10.2. The van der Waals surface area contributed by atoms with Crippen LogP contribution in [0, 0.1) is 0 Å². The van der Waals surface area contributed by atoms with E-state index in [-0.39, 0.29) is 6.10 Å². The Labute approximate surface area is 111 Å². The Morgan fingerprint density at radius 3 is 2.94 bits per heavy atom. The fraction of sp³-hybridized carbons (Fsp3) is 0.333. The number of nitrogens with zero attached hydrogens (tertiary/aromatic N) is 1. The van der Waals surface area contributed by atoms with Gasteiger partial charge in [-0.15, -0.1) is 0 Å². The van der Waals surface area contributed by atoms with E-state index in [9.17, 15) is 4.79 Å². The normalized spacial score (nSPS) is 12.4. The Balaban J connectivity index is 2.73. The van der Waals surface area contributed by atoms with Crippen molar-refractivity contribution in [2.45, 2.75) is 26.4 Å². The Kier molecular flexibility index (Phi) is 5.45. The van der Waals surface area contributed by atoms with Crippen molar-refractivity contribution < 1.29 is 9.53 Å². The van der Waals surface area contributed by atoms with E-state index in [0.29, 0.717) is 10.8 Å². The van der Waals surface area contributed by atoms with Gasteiger partial charge in [0, 0.05) is 0 Å². The molecule has 0 bridgehead atoms. The molecule has 0 aliphatic carbocycles. The lowest BCUT2D eigenvalue weighted by Crippen LogP contribution is -2.24. The molecule has 0 fully saturated rings. The predicted molar refractivity (Wildman–Crippen MR) is 72.1 cm³/mol. The summed E-state index contributed by atoms with van der Waals surface area (Å²) in [6.45, 7) is 4.01. The van der Waals surface area contributed by atoms with E-state index in [4.69, 9.17) is 22.1 Å². The Hall–Kier alpha value is -1.75. The lowest BCUT2D eigenvalue weighted by molar-refractivity contribution is 0.217. The first kappa shape index (κ1) is 14.3. The molecule has 5 nitrogen and oxygen atoms in total. The summed E-state index contributed by atoms with van der Waals surface area (Å²) in [6.07, 6.45) is 2.46. The number of ether oxygens (including phenoxy) is 1. The predicted octanol–water partition coefficient (Wildman–Crippen LogP) is 2.52. The number of amides is 2. The maximum atomic E-state index is 10.4. The Morgan fingerprint density at radius 1 is 1.67 bits per heavy atom. The van der Waals surface area contributed by atoms with Crippen LogP contribution in [0.2, 0.25) is 5.02 Å². The van der Waals surface area contributed by atoms with Gasteiger partial charge in [-0.3, -0.25) is 0 Å². The number of hydrazone groups is 1. The van der Waals surface area contributed by atoms with Gasteiger partial charge >= 0.3 is 6.03 Å². The number of nitrogens with two attached hydrogens (primary N) is 1. The average Bonchev–Trinajstić information content (AvgIpc) is 2.32. The van der Waals surface area contributed by atoms with Gasteiger partial charge in [0.15, 0.2) is 0 Å². The third-order valence-electron chi connectivity index (χ3n) is 2.25. The second kappa shape index (κ2) is 6.86. The number of primary amides is 1.